The Balaban J connectivity index is 0.000000161. The van der Waals surface area contributed by atoms with Crippen molar-refractivity contribution in [3.63, 3.8) is 0 Å². The average Bonchev–Trinajstić information content (AvgIpc) is 2.66. The number of hydrogen-bond acceptors (Lipinski definition) is 4. The highest BCUT2D eigenvalue weighted by molar-refractivity contribution is 5.77. The minimum absolute atomic E-state index is 0.0890. The van der Waals surface area contributed by atoms with Gasteiger partial charge in [-0.1, -0.05) is 47.6 Å². The summed E-state index contributed by atoms with van der Waals surface area (Å²) < 4.78 is 0. The van der Waals surface area contributed by atoms with Crippen molar-refractivity contribution < 1.29 is 0 Å². The van der Waals surface area contributed by atoms with Crippen LogP contribution in [0.1, 0.15) is 52.9 Å². The number of fused-ring (bicyclic) bond motifs is 2. The number of rotatable bonds is 0. The maximum atomic E-state index is 4.58. The molecule has 0 aromatic carbocycles. The van der Waals surface area contributed by atoms with Crippen molar-refractivity contribution in [2.24, 2.45) is 0 Å². The van der Waals surface area contributed by atoms with Gasteiger partial charge in [-0.2, -0.15) is 0 Å². The predicted molar refractivity (Wildman–Crippen MR) is 116 cm³/mol. The molecule has 4 aromatic rings. The Hall–Kier alpha value is -2.88. The van der Waals surface area contributed by atoms with Crippen LogP contribution in [0.4, 0.5) is 0 Å². The van der Waals surface area contributed by atoms with Crippen LogP contribution in [0.25, 0.3) is 21.9 Å². The molecule has 0 fully saturated rings. The van der Waals surface area contributed by atoms with Gasteiger partial charge in [0, 0.05) is 45.4 Å². The van der Waals surface area contributed by atoms with Crippen molar-refractivity contribution in [2.75, 3.05) is 0 Å². The molecule has 4 nitrogen and oxygen atoms in total. The molecular weight excluding hydrogens is 344 g/mol. The highest BCUT2D eigenvalue weighted by Crippen LogP contribution is 2.23. The lowest BCUT2D eigenvalue weighted by Gasteiger charge is -2.17. The summed E-state index contributed by atoms with van der Waals surface area (Å²) in [6.07, 6.45) is 5.38. The number of nitrogens with zero attached hydrogens (tertiary/aromatic N) is 4. The Labute approximate surface area is 167 Å². The van der Waals surface area contributed by atoms with Gasteiger partial charge in [-0.15, -0.1) is 0 Å². The summed E-state index contributed by atoms with van der Waals surface area (Å²) in [4.78, 5) is 17.4. The summed E-state index contributed by atoms with van der Waals surface area (Å²) in [5.41, 5.74) is 4.19. The fourth-order valence-corrected chi connectivity index (χ4v) is 2.76. The van der Waals surface area contributed by atoms with E-state index in [-0.39, 0.29) is 10.8 Å². The monoisotopic (exact) mass is 372 g/mol. The highest BCUT2D eigenvalue weighted by Gasteiger charge is 2.16. The van der Waals surface area contributed by atoms with Gasteiger partial charge in [-0.05, 0) is 36.4 Å². The summed E-state index contributed by atoms with van der Waals surface area (Å²) in [6.45, 7) is 13.0. The lowest BCUT2D eigenvalue weighted by atomic mass is 9.91. The zero-order valence-electron chi connectivity index (χ0n) is 17.6. The fraction of sp³-hybridized carbons (Fsp3) is 0.333. The van der Waals surface area contributed by atoms with Gasteiger partial charge in [-0.3, -0.25) is 9.97 Å². The van der Waals surface area contributed by atoms with E-state index in [2.05, 4.69) is 85.7 Å². The Bertz CT molecular complexity index is 999. The summed E-state index contributed by atoms with van der Waals surface area (Å²) in [6, 6.07) is 14.3. The van der Waals surface area contributed by atoms with E-state index < -0.39 is 0 Å². The standard InChI is InChI=1S/2C12H14N2/c1-12(2,3)11-5-4-9-6-7-13-8-10(9)14-11;1-12(2,3)10-7-6-9-5-4-8-13-11(9)14-10/h2*4-8H,1-3H3. The molecule has 144 valence electrons. The first kappa shape index (κ1) is 19.9. The number of pyridine rings is 4. The van der Waals surface area contributed by atoms with Crippen molar-refractivity contribution in [3.05, 3.63) is 72.4 Å². The van der Waals surface area contributed by atoms with E-state index >= 15 is 0 Å². The molecule has 0 aliphatic carbocycles. The van der Waals surface area contributed by atoms with Crippen LogP contribution in [0, 0.1) is 0 Å². The second kappa shape index (κ2) is 7.63. The average molecular weight is 373 g/mol. The maximum Gasteiger partial charge on any atom is 0.159 e. The van der Waals surface area contributed by atoms with E-state index in [0.717, 1.165) is 33.3 Å². The van der Waals surface area contributed by atoms with Crippen molar-refractivity contribution in [2.45, 2.75) is 52.4 Å². The quantitative estimate of drug-likeness (QED) is 0.388. The SMILES string of the molecule is CC(C)(C)c1ccc2cccnc2n1.CC(C)(C)c1ccc2ccncc2n1. The minimum atomic E-state index is 0.0890. The van der Waals surface area contributed by atoms with E-state index in [4.69, 9.17) is 0 Å². The number of aromatic nitrogens is 4. The molecule has 0 amide bonds. The largest absolute Gasteiger partial charge is 0.262 e. The Morgan fingerprint density at radius 3 is 1.96 bits per heavy atom. The van der Waals surface area contributed by atoms with Crippen LogP contribution in [0.2, 0.25) is 0 Å². The zero-order valence-corrected chi connectivity index (χ0v) is 17.6. The van der Waals surface area contributed by atoms with Gasteiger partial charge in [-0.25, -0.2) is 9.97 Å². The molecule has 0 N–H and O–H groups in total. The third-order valence-corrected chi connectivity index (χ3v) is 4.50. The van der Waals surface area contributed by atoms with Gasteiger partial charge >= 0.3 is 0 Å². The van der Waals surface area contributed by atoms with Gasteiger partial charge in [0.25, 0.3) is 0 Å². The summed E-state index contributed by atoms with van der Waals surface area (Å²) in [5, 5.41) is 2.24. The second-order valence-corrected chi connectivity index (χ2v) is 9.01. The van der Waals surface area contributed by atoms with Crippen molar-refractivity contribution in [3.8, 4) is 0 Å². The predicted octanol–water partition coefficient (Wildman–Crippen LogP) is 5.85. The molecule has 0 bridgehead atoms. The maximum absolute atomic E-state index is 4.58. The van der Waals surface area contributed by atoms with E-state index in [1.165, 1.54) is 0 Å². The van der Waals surface area contributed by atoms with Crippen LogP contribution in [-0.2, 0) is 10.8 Å². The molecule has 0 atom stereocenters. The summed E-state index contributed by atoms with van der Waals surface area (Å²) in [7, 11) is 0. The van der Waals surface area contributed by atoms with Crippen LogP contribution in [0.15, 0.2) is 61.1 Å². The molecule has 0 aliphatic rings. The third kappa shape index (κ3) is 4.69. The first-order valence-electron chi connectivity index (χ1n) is 9.58. The first-order valence-corrected chi connectivity index (χ1v) is 9.58. The minimum Gasteiger partial charge on any atom is -0.262 e. The molecule has 0 saturated heterocycles. The van der Waals surface area contributed by atoms with Crippen LogP contribution in [0.5, 0.6) is 0 Å². The lowest BCUT2D eigenvalue weighted by molar-refractivity contribution is 0.571. The van der Waals surface area contributed by atoms with Crippen molar-refractivity contribution in [1.82, 2.24) is 19.9 Å². The summed E-state index contributed by atoms with van der Waals surface area (Å²) >= 11 is 0. The highest BCUT2D eigenvalue weighted by atomic mass is 14.8. The Morgan fingerprint density at radius 2 is 1.29 bits per heavy atom. The van der Waals surface area contributed by atoms with Gasteiger partial charge in [0.2, 0.25) is 0 Å². The first-order chi connectivity index (χ1) is 13.1. The van der Waals surface area contributed by atoms with Gasteiger partial charge in [0.15, 0.2) is 5.65 Å². The van der Waals surface area contributed by atoms with E-state index in [1.54, 1.807) is 12.4 Å². The van der Waals surface area contributed by atoms with Gasteiger partial charge in [0.05, 0.1) is 11.7 Å². The van der Waals surface area contributed by atoms with Gasteiger partial charge in [0.1, 0.15) is 0 Å². The molecule has 0 aliphatic heterocycles. The Kier molecular flexibility index (Phi) is 5.41. The van der Waals surface area contributed by atoms with Crippen LogP contribution < -0.4 is 0 Å². The third-order valence-electron chi connectivity index (χ3n) is 4.50. The van der Waals surface area contributed by atoms with Crippen LogP contribution in [-0.4, -0.2) is 19.9 Å². The van der Waals surface area contributed by atoms with Crippen molar-refractivity contribution in [1.29, 1.82) is 0 Å². The van der Waals surface area contributed by atoms with E-state index in [0.29, 0.717) is 0 Å². The van der Waals surface area contributed by atoms with Crippen LogP contribution >= 0.6 is 0 Å². The molecule has 4 aromatic heterocycles. The van der Waals surface area contributed by atoms with Gasteiger partial charge < -0.3 is 0 Å². The topological polar surface area (TPSA) is 51.6 Å². The smallest absolute Gasteiger partial charge is 0.159 e. The number of hydrogen-bond donors (Lipinski definition) is 0. The molecule has 0 unspecified atom stereocenters. The van der Waals surface area contributed by atoms with Crippen molar-refractivity contribution >= 4 is 21.9 Å². The molecule has 0 spiro atoms. The zero-order chi connectivity index (χ0) is 20.4. The second-order valence-electron chi connectivity index (χ2n) is 9.01. The molecule has 28 heavy (non-hydrogen) atoms. The normalized spacial score (nSPS) is 11.9. The van der Waals surface area contributed by atoms with E-state index in [9.17, 15) is 0 Å². The molecule has 0 saturated carbocycles. The van der Waals surface area contributed by atoms with Crippen LogP contribution in [0.3, 0.4) is 0 Å². The van der Waals surface area contributed by atoms with E-state index in [1.807, 2.05) is 24.4 Å². The molecular formula is C24H28N4. The molecule has 4 heterocycles. The Morgan fingerprint density at radius 1 is 0.643 bits per heavy atom. The summed E-state index contributed by atoms with van der Waals surface area (Å²) in [5.74, 6) is 0. The molecule has 4 heteroatoms. The molecule has 0 radical (unpaired) electrons. The fourth-order valence-electron chi connectivity index (χ4n) is 2.76. The lowest BCUT2D eigenvalue weighted by Crippen LogP contribution is -2.13. The molecule has 4 rings (SSSR count).